The van der Waals surface area contributed by atoms with Gasteiger partial charge in [0.05, 0.1) is 31.8 Å². The highest BCUT2D eigenvalue weighted by Crippen LogP contribution is 2.51. The fraction of sp³-hybridized carbons (Fsp3) is 0.762. The Labute approximate surface area is 202 Å². The van der Waals surface area contributed by atoms with Crippen LogP contribution in [0.2, 0.25) is 0 Å². The lowest BCUT2D eigenvalue weighted by atomic mass is 9.79. The highest BCUT2D eigenvalue weighted by atomic mass is 32.2. The Hall–Kier alpha value is -1.31. The number of aliphatic hydroxyl groups excluding tert-OH is 1. The number of carbonyl (C=O) groups is 3. The van der Waals surface area contributed by atoms with E-state index in [1.165, 1.54) is 40.6 Å². The van der Waals surface area contributed by atoms with Crippen LogP contribution in [0.1, 0.15) is 20.3 Å². The Morgan fingerprint density at radius 3 is 2.64 bits per heavy atom. The summed E-state index contributed by atoms with van der Waals surface area (Å²) in [6.45, 7) is 4.50. The molecule has 2 saturated heterocycles. The van der Waals surface area contributed by atoms with Crippen LogP contribution in [-0.4, -0.2) is 107 Å². The van der Waals surface area contributed by atoms with Gasteiger partial charge in [0.25, 0.3) is 5.91 Å². The molecular weight excluding hydrogens is 470 g/mol. The number of ether oxygens (including phenoxy) is 1. The minimum Gasteiger partial charge on any atom is -0.477 e. The largest absolute Gasteiger partial charge is 0.477 e. The van der Waals surface area contributed by atoms with E-state index in [1.54, 1.807) is 21.1 Å². The van der Waals surface area contributed by atoms with Gasteiger partial charge in [-0.1, -0.05) is 6.92 Å². The monoisotopic (exact) mass is 503 g/mol. The molecular formula is C21H33N3O7S2. The number of nitrogens with one attached hydrogen (secondary N) is 1. The standard InChI is InChI=1S/C21H33N3O7S2/c1-10-16-15(11(2)25)20(27)24(16)17(21(28)29)18(10)33-13-6-12(22-7-13)9-32-14(8-30-4)19(26)23(3)31-5/h10-16,22,25H,6-9H2,1-5H3,(H,28,29)/t10-,11?,12+,13+,14?,15+,16-/m1/s1. The van der Waals surface area contributed by atoms with Gasteiger partial charge in [0.15, 0.2) is 0 Å². The number of aliphatic hydroxyl groups is 1. The molecule has 3 N–H and O–H groups in total. The average Bonchev–Trinajstić information content (AvgIpc) is 3.31. The Morgan fingerprint density at radius 1 is 1.36 bits per heavy atom. The summed E-state index contributed by atoms with van der Waals surface area (Å²) >= 11 is 3.02. The van der Waals surface area contributed by atoms with Gasteiger partial charge in [-0.3, -0.25) is 14.4 Å². The van der Waals surface area contributed by atoms with Crippen LogP contribution in [0.5, 0.6) is 0 Å². The number of hydroxylamine groups is 2. The molecule has 2 unspecified atom stereocenters. The molecule has 2 fully saturated rings. The van der Waals surface area contributed by atoms with Crippen LogP contribution < -0.4 is 5.32 Å². The minimum atomic E-state index is -1.11. The van der Waals surface area contributed by atoms with Crippen LogP contribution in [0.3, 0.4) is 0 Å². The number of nitrogens with zero attached hydrogens (tertiary/aromatic N) is 2. The number of hydrogen-bond donors (Lipinski definition) is 3. The summed E-state index contributed by atoms with van der Waals surface area (Å²) in [6, 6.07) is -0.132. The number of carbonyl (C=O) groups excluding carboxylic acids is 2. The maximum absolute atomic E-state index is 12.5. The first-order valence-corrected chi connectivity index (χ1v) is 12.9. The Morgan fingerprint density at radius 2 is 2.06 bits per heavy atom. The van der Waals surface area contributed by atoms with Crippen LogP contribution in [0, 0.1) is 11.8 Å². The minimum absolute atomic E-state index is 0.0607. The van der Waals surface area contributed by atoms with Crippen LogP contribution in [0.15, 0.2) is 10.6 Å². The third kappa shape index (κ3) is 5.20. The number of thioether (sulfide) groups is 2. The van der Waals surface area contributed by atoms with Gasteiger partial charge in [-0.15, -0.1) is 23.5 Å². The maximum atomic E-state index is 12.5. The third-order valence-electron chi connectivity index (χ3n) is 6.46. The molecule has 3 heterocycles. The van der Waals surface area contributed by atoms with Crippen molar-refractivity contribution in [1.29, 1.82) is 0 Å². The van der Waals surface area contributed by atoms with E-state index in [0.717, 1.165) is 6.42 Å². The van der Waals surface area contributed by atoms with Crippen molar-refractivity contribution in [3.8, 4) is 0 Å². The smallest absolute Gasteiger partial charge is 0.353 e. The van der Waals surface area contributed by atoms with Crippen molar-refractivity contribution >= 4 is 41.3 Å². The molecule has 0 aromatic carbocycles. The molecule has 10 nitrogen and oxygen atoms in total. The van der Waals surface area contributed by atoms with E-state index in [2.05, 4.69) is 5.32 Å². The van der Waals surface area contributed by atoms with Crippen molar-refractivity contribution < 1.29 is 34.2 Å². The average molecular weight is 504 g/mol. The molecule has 7 atom stereocenters. The molecule has 33 heavy (non-hydrogen) atoms. The Bertz CT molecular complexity index is 809. The summed E-state index contributed by atoms with van der Waals surface area (Å²) in [4.78, 5) is 44.0. The first kappa shape index (κ1) is 26.3. The van der Waals surface area contributed by atoms with Gasteiger partial charge >= 0.3 is 5.97 Å². The number of carboxylic acid groups (broad SMARTS) is 1. The maximum Gasteiger partial charge on any atom is 0.353 e. The van der Waals surface area contributed by atoms with Crippen LogP contribution in [-0.2, 0) is 24.0 Å². The second-order valence-electron chi connectivity index (χ2n) is 8.65. The highest BCUT2D eigenvalue weighted by molar-refractivity contribution is 8.03. The number of methoxy groups -OCH3 is 1. The molecule has 0 aromatic rings. The fourth-order valence-corrected chi connectivity index (χ4v) is 7.48. The molecule has 0 spiro atoms. The quantitative estimate of drug-likeness (QED) is 0.269. The van der Waals surface area contributed by atoms with Crippen molar-refractivity contribution in [2.24, 2.45) is 11.8 Å². The summed E-state index contributed by atoms with van der Waals surface area (Å²) in [7, 11) is 4.57. The van der Waals surface area contributed by atoms with Gasteiger partial charge in [0, 0.05) is 48.6 Å². The lowest BCUT2D eigenvalue weighted by Gasteiger charge is -2.46. The summed E-state index contributed by atoms with van der Waals surface area (Å²) in [6.07, 6.45) is 0.00261. The van der Waals surface area contributed by atoms with Crippen LogP contribution in [0.4, 0.5) is 0 Å². The van der Waals surface area contributed by atoms with Crippen molar-refractivity contribution in [3.63, 3.8) is 0 Å². The summed E-state index contributed by atoms with van der Waals surface area (Å²) in [5, 5.41) is 24.2. The van der Waals surface area contributed by atoms with Gasteiger partial charge in [-0.25, -0.2) is 9.86 Å². The fourth-order valence-electron chi connectivity index (χ4n) is 4.72. The molecule has 2 amide bonds. The summed E-state index contributed by atoms with van der Waals surface area (Å²) in [5.74, 6) is -1.58. The van der Waals surface area contributed by atoms with Crippen LogP contribution >= 0.6 is 23.5 Å². The molecule has 0 aliphatic carbocycles. The third-order valence-corrected chi connectivity index (χ3v) is 9.31. The van der Waals surface area contributed by atoms with Gasteiger partial charge < -0.3 is 25.2 Å². The SMILES string of the molecule is COCC(SC[C@@H]1C[C@H](SC2=C(C(=O)O)N3C(=O)[C@@H](C(C)O)[C@H]3[C@H]2C)CN1)C(=O)N(C)OC. The Kier molecular flexibility index (Phi) is 8.73. The molecule has 0 radical (unpaired) electrons. The van der Waals surface area contributed by atoms with E-state index in [4.69, 9.17) is 9.57 Å². The number of β-lactam (4-membered cyclic amide) rings is 1. The van der Waals surface area contributed by atoms with E-state index in [0.29, 0.717) is 17.2 Å². The number of amides is 2. The van der Waals surface area contributed by atoms with Gasteiger partial charge in [-0.2, -0.15) is 0 Å². The number of fused-ring (bicyclic) bond motifs is 1. The number of aliphatic carboxylic acids is 1. The van der Waals surface area contributed by atoms with E-state index < -0.39 is 18.0 Å². The van der Waals surface area contributed by atoms with Crippen molar-refractivity contribution in [1.82, 2.24) is 15.3 Å². The zero-order chi connectivity index (χ0) is 24.4. The normalized spacial score (nSPS) is 30.8. The highest BCUT2D eigenvalue weighted by Gasteiger charge is 2.60. The summed E-state index contributed by atoms with van der Waals surface area (Å²) < 4.78 is 5.19. The van der Waals surface area contributed by atoms with Crippen molar-refractivity contribution in [2.75, 3.05) is 40.2 Å². The number of rotatable bonds is 11. The molecule has 3 aliphatic heterocycles. The zero-order valence-corrected chi connectivity index (χ0v) is 21.1. The van der Waals surface area contributed by atoms with Crippen molar-refractivity contribution in [3.05, 3.63) is 10.6 Å². The molecule has 3 rings (SSSR count). The first-order chi connectivity index (χ1) is 15.6. The van der Waals surface area contributed by atoms with Gasteiger partial charge in [-0.05, 0) is 13.3 Å². The van der Waals surface area contributed by atoms with Crippen molar-refractivity contribution in [2.45, 2.75) is 49.0 Å². The lowest BCUT2D eigenvalue weighted by molar-refractivity contribution is -0.168. The zero-order valence-electron chi connectivity index (χ0n) is 19.5. The van der Waals surface area contributed by atoms with Crippen LogP contribution in [0.25, 0.3) is 0 Å². The number of carboxylic acids is 1. The van der Waals surface area contributed by atoms with E-state index in [-0.39, 0.29) is 52.6 Å². The lowest BCUT2D eigenvalue weighted by Crippen LogP contribution is -2.63. The van der Waals surface area contributed by atoms with Gasteiger partial charge in [0.1, 0.15) is 10.9 Å². The first-order valence-electron chi connectivity index (χ1n) is 10.9. The predicted molar refractivity (Wildman–Crippen MR) is 125 cm³/mol. The van der Waals surface area contributed by atoms with E-state index in [1.807, 2.05) is 6.92 Å². The molecule has 3 aliphatic rings. The molecule has 12 heteroatoms. The van der Waals surface area contributed by atoms with E-state index in [9.17, 15) is 24.6 Å². The molecule has 186 valence electrons. The second-order valence-corrected chi connectivity index (χ2v) is 11.2. The predicted octanol–water partition coefficient (Wildman–Crippen LogP) is 0.372. The number of hydrogen-bond acceptors (Lipinski definition) is 9. The molecule has 0 saturated carbocycles. The Balaban J connectivity index is 1.61. The molecule has 0 bridgehead atoms. The second kappa shape index (κ2) is 11.0. The molecule has 0 aromatic heterocycles. The topological polar surface area (TPSA) is 129 Å². The summed E-state index contributed by atoms with van der Waals surface area (Å²) in [5.41, 5.74) is 0.0607. The van der Waals surface area contributed by atoms with Gasteiger partial charge in [0.2, 0.25) is 5.91 Å². The van der Waals surface area contributed by atoms with E-state index >= 15 is 0 Å².